The zero-order chi connectivity index (χ0) is 5.91. The van der Waals surface area contributed by atoms with Gasteiger partial charge in [-0.05, 0) is 28.8 Å². The number of hydrogen-bond donors (Lipinski definition) is 2. The predicted molar refractivity (Wildman–Crippen MR) is 29.5 cm³/mol. The topological polar surface area (TPSA) is 40.5 Å². The second kappa shape index (κ2) is 2.31. The van der Waals surface area contributed by atoms with Gasteiger partial charge < -0.3 is 10.2 Å². The summed E-state index contributed by atoms with van der Waals surface area (Å²) in [6, 6.07) is 0. The summed E-state index contributed by atoms with van der Waals surface area (Å²) >= 11 is 2.48. The van der Waals surface area contributed by atoms with Gasteiger partial charge in [0.2, 0.25) is 0 Å². The van der Waals surface area contributed by atoms with Crippen LogP contribution < -0.4 is 0 Å². The first-order valence-electron chi connectivity index (χ1n) is 1.64. The molecule has 0 aliphatic heterocycles. The van der Waals surface area contributed by atoms with Gasteiger partial charge in [-0.15, -0.1) is 5.92 Å². The Hall–Kier alpha value is -0.0400. The fraction of sp³-hybridized carbons (Fsp3) is 0.500. The first-order chi connectivity index (χ1) is 3.06. The van der Waals surface area contributed by atoms with E-state index in [4.69, 9.17) is 10.2 Å². The minimum absolute atomic E-state index is 1.52. The van der Waals surface area contributed by atoms with Crippen LogP contribution in [0.5, 0.6) is 0 Å². The van der Waals surface area contributed by atoms with Crippen LogP contribution in [0.4, 0.5) is 0 Å². The van der Waals surface area contributed by atoms with E-state index < -0.39 is 4.70 Å². The lowest BCUT2D eigenvalue weighted by molar-refractivity contribution is -0.0171. The lowest BCUT2D eigenvalue weighted by atomic mass is 10.6. The Morgan fingerprint density at radius 1 is 1.57 bits per heavy atom. The van der Waals surface area contributed by atoms with Gasteiger partial charge in [0, 0.05) is 0 Å². The number of halogens is 1. The zero-order valence-electron chi connectivity index (χ0n) is 3.77. The quantitative estimate of drug-likeness (QED) is 0.302. The van der Waals surface area contributed by atoms with Crippen molar-refractivity contribution in [3.05, 3.63) is 0 Å². The van der Waals surface area contributed by atoms with E-state index in [2.05, 4.69) is 27.8 Å². The summed E-state index contributed by atoms with van der Waals surface area (Å²) in [7, 11) is 0. The van der Waals surface area contributed by atoms with Crippen LogP contribution in [-0.2, 0) is 0 Å². The van der Waals surface area contributed by atoms with Crippen molar-refractivity contribution in [2.75, 3.05) is 0 Å². The van der Waals surface area contributed by atoms with Crippen molar-refractivity contribution in [1.29, 1.82) is 0 Å². The number of hydrogen-bond acceptors (Lipinski definition) is 2. The number of aliphatic hydroxyl groups is 2. The summed E-state index contributed by atoms with van der Waals surface area (Å²) in [6.07, 6.45) is 0. The normalized spacial score (nSPS) is 9.71. The fourth-order valence-corrected chi connectivity index (χ4v) is 0.357. The molecule has 0 aromatic rings. The maximum Gasteiger partial charge on any atom is 0.288 e. The molecule has 2 nitrogen and oxygen atoms in total. The predicted octanol–water partition coefficient (Wildman–Crippen LogP) is 0.0430. The van der Waals surface area contributed by atoms with Crippen molar-refractivity contribution < 1.29 is 10.2 Å². The smallest absolute Gasteiger partial charge is 0.288 e. The van der Waals surface area contributed by atoms with Gasteiger partial charge in [0.05, 0.1) is 0 Å². The molecule has 7 heavy (non-hydrogen) atoms. The Kier molecular flexibility index (Phi) is 2.30. The molecule has 0 saturated heterocycles. The lowest BCUT2D eigenvalue weighted by Crippen LogP contribution is -2.14. The van der Waals surface area contributed by atoms with Gasteiger partial charge >= 0.3 is 0 Å². The van der Waals surface area contributed by atoms with Gasteiger partial charge in [-0.25, -0.2) is 0 Å². The van der Waals surface area contributed by atoms with Crippen LogP contribution in [0.25, 0.3) is 0 Å². The van der Waals surface area contributed by atoms with E-state index in [1.165, 1.54) is 6.92 Å². The van der Waals surface area contributed by atoms with Crippen LogP contribution in [0.1, 0.15) is 6.92 Å². The minimum Gasteiger partial charge on any atom is -0.347 e. The van der Waals surface area contributed by atoms with E-state index in [1.54, 1.807) is 0 Å². The van der Waals surface area contributed by atoms with Crippen molar-refractivity contribution >= 4 is 15.9 Å². The zero-order valence-corrected chi connectivity index (χ0v) is 5.36. The molecule has 3 heteroatoms. The number of rotatable bonds is 0. The van der Waals surface area contributed by atoms with Gasteiger partial charge in [-0.2, -0.15) is 0 Å². The van der Waals surface area contributed by atoms with Crippen LogP contribution in [0, 0.1) is 11.8 Å². The van der Waals surface area contributed by atoms with Crippen LogP contribution in [0.2, 0.25) is 0 Å². The van der Waals surface area contributed by atoms with E-state index in [-0.39, 0.29) is 0 Å². The SMILES string of the molecule is CC#CC(O)(O)Br. The van der Waals surface area contributed by atoms with Crippen molar-refractivity contribution in [3.8, 4) is 11.8 Å². The molecule has 40 valence electrons. The highest BCUT2D eigenvalue weighted by Crippen LogP contribution is 2.04. The Bertz CT molecular complexity index is 103. The molecule has 2 N–H and O–H groups in total. The van der Waals surface area contributed by atoms with E-state index >= 15 is 0 Å². The van der Waals surface area contributed by atoms with E-state index in [0.717, 1.165) is 0 Å². The molecule has 0 fully saturated rings. The van der Waals surface area contributed by atoms with Crippen LogP contribution in [0.3, 0.4) is 0 Å². The molecule has 0 aliphatic carbocycles. The lowest BCUT2D eigenvalue weighted by Gasteiger charge is -2.00. The van der Waals surface area contributed by atoms with E-state index in [1.807, 2.05) is 0 Å². The van der Waals surface area contributed by atoms with Crippen LogP contribution in [0.15, 0.2) is 0 Å². The highest BCUT2D eigenvalue weighted by molar-refractivity contribution is 9.10. The molecule has 0 atom stereocenters. The van der Waals surface area contributed by atoms with Gasteiger partial charge in [-0.3, -0.25) is 0 Å². The molecule has 0 saturated carbocycles. The van der Waals surface area contributed by atoms with Gasteiger partial charge in [0.1, 0.15) is 0 Å². The molecular weight excluding hydrogens is 160 g/mol. The van der Waals surface area contributed by atoms with E-state index in [0.29, 0.717) is 0 Å². The van der Waals surface area contributed by atoms with Crippen molar-refractivity contribution in [2.45, 2.75) is 11.6 Å². The molecule has 0 unspecified atom stereocenters. The summed E-state index contributed by atoms with van der Waals surface area (Å²) in [5.41, 5.74) is 0. The fourth-order valence-electron chi connectivity index (χ4n) is 0.159. The number of alkyl halides is 1. The minimum atomic E-state index is -2.00. The second-order valence-corrected chi connectivity index (χ2v) is 2.07. The maximum atomic E-state index is 8.32. The Labute approximate surface area is 50.3 Å². The Morgan fingerprint density at radius 2 is 2.00 bits per heavy atom. The largest absolute Gasteiger partial charge is 0.347 e. The molecule has 0 aliphatic rings. The van der Waals surface area contributed by atoms with Crippen molar-refractivity contribution in [2.24, 2.45) is 0 Å². The van der Waals surface area contributed by atoms with Crippen LogP contribution >= 0.6 is 15.9 Å². The monoisotopic (exact) mass is 164 g/mol. The Morgan fingerprint density at radius 3 is 2.00 bits per heavy atom. The molecule has 0 spiro atoms. The summed E-state index contributed by atoms with van der Waals surface area (Å²) in [5, 5.41) is 16.6. The summed E-state index contributed by atoms with van der Waals surface area (Å²) in [4.78, 5) is 0. The van der Waals surface area contributed by atoms with Crippen LogP contribution in [-0.4, -0.2) is 14.9 Å². The third-order valence-electron chi connectivity index (χ3n) is 0.284. The molecule has 0 amide bonds. The standard InChI is InChI=1S/C4H5BrO2/c1-2-3-4(5,6)7/h6-7H,1H3. The molecule has 0 bridgehead atoms. The first-order valence-corrected chi connectivity index (χ1v) is 2.43. The highest BCUT2D eigenvalue weighted by atomic mass is 79.9. The molecular formula is C4H5BrO2. The average Bonchev–Trinajstić information content (AvgIpc) is 1.30. The van der Waals surface area contributed by atoms with Gasteiger partial charge in [0.25, 0.3) is 4.70 Å². The summed E-state index contributed by atoms with van der Waals surface area (Å²) in [5.74, 6) is 4.37. The maximum absolute atomic E-state index is 8.32. The first kappa shape index (κ1) is 6.96. The third-order valence-corrected chi connectivity index (χ3v) is 0.482. The highest BCUT2D eigenvalue weighted by Gasteiger charge is 2.10. The second-order valence-electron chi connectivity index (χ2n) is 0.962. The molecule has 0 heterocycles. The van der Waals surface area contributed by atoms with Gasteiger partial charge in [0.15, 0.2) is 0 Å². The summed E-state index contributed by atoms with van der Waals surface area (Å²) in [6.45, 7) is 1.52. The average molecular weight is 165 g/mol. The molecule has 0 rings (SSSR count). The molecule has 0 radical (unpaired) electrons. The van der Waals surface area contributed by atoms with Gasteiger partial charge in [-0.1, -0.05) is 0 Å². The van der Waals surface area contributed by atoms with E-state index in [9.17, 15) is 0 Å². The Balaban J connectivity index is 3.72. The van der Waals surface area contributed by atoms with Crippen molar-refractivity contribution in [3.63, 3.8) is 0 Å². The van der Waals surface area contributed by atoms with Crippen molar-refractivity contribution in [1.82, 2.24) is 0 Å². The molecule has 0 aromatic heterocycles. The molecule has 0 aromatic carbocycles. The third kappa shape index (κ3) is 5.96. The summed E-state index contributed by atoms with van der Waals surface area (Å²) < 4.78 is -2.00.